The average molecular weight is 151 g/mol. The van der Waals surface area contributed by atoms with Crippen molar-refractivity contribution in [3.8, 4) is 0 Å². The molecule has 0 spiro atoms. The van der Waals surface area contributed by atoms with E-state index in [2.05, 4.69) is 0 Å². The average Bonchev–Trinajstić information content (AvgIpc) is 0.722. The molecule has 7 heavy (non-hydrogen) atoms. The molecular weight excluding hydrogens is 144 g/mol. The van der Waals surface area contributed by atoms with E-state index in [1.54, 1.807) is 0 Å². The predicted octanol–water partition coefficient (Wildman–Crippen LogP) is -2.76. The van der Waals surface area contributed by atoms with Crippen LogP contribution in [0.1, 0.15) is 0 Å². The zero-order valence-electron chi connectivity index (χ0n) is 2.20. The molecule has 0 aliphatic heterocycles. The molecule has 4 nitrogen and oxygen atoms in total. The van der Waals surface area contributed by atoms with E-state index in [1.807, 2.05) is 0 Å². The molecule has 0 aromatic carbocycles. The van der Waals surface area contributed by atoms with E-state index in [9.17, 15) is 0 Å². The molecule has 0 amide bonds. The molecule has 0 heterocycles. The van der Waals surface area contributed by atoms with Crippen LogP contribution in [0.15, 0.2) is 0 Å². The van der Waals surface area contributed by atoms with Gasteiger partial charge in [0, 0.05) is 0 Å². The summed E-state index contributed by atoms with van der Waals surface area (Å²) in [6.45, 7) is 0. The normalized spacial score (nSPS) is 8.43. The van der Waals surface area contributed by atoms with E-state index in [-0.39, 0.29) is 46.1 Å². The molecule has 0 aromatic rings. The van der Waals surface area contributed by atoms with Crippen LogP contribution in [-0.2, 0) is 4.57 Å². The van der Waals surface area contributed by atoms with Crippen molar-refractivity contribution in [2.24, 2.45) is 0 Å². The molecule has 0 bridgehead atoms. The van der Waals surface area contributed by atoms with Crippen molar-refractivity contribution in [1.29, 1.82) is 0 Å². The summed E-state index contributed by atoms with van der Waals surface area (Å²) in [7, 11) is -4.64. The fourth-order valence-electron chi connectivity index (χ4n) is 0. The summed E-state index contributed by atoms with van der Waals surface area (Å²) in [4.78, 5) is 21.6. The molecule has 0 radical (unpaired) electrons. The van der Waals surface area contributed by atoms with Gasteiger partial charge in [-0.25, -0.2) is 4.57 Å². The third-order valence-electron chi connectivity index (χ3n) is 0. The van der Waals surface area contributed by atoms with E-state index in [0.29, 0.717) is 0 Å². The lowest BCUT2D eigenvalue weighted by Crippen LogP contribution is -1.66. The minimum Gasteiger partial charge on any atom is -0.303 e. The van der Waals surface area contributed by atoms with Gasteiger partial charge in [0.05, 0.1) is 0 Å². The van der Waals surface area contributed by atoms with Gasteiger partial charge in [-0.2, -0.15) is 0 Å². The van der Waals surface area contributed by atoms with Gasteiger partial charge in [0.25, 0.3) is 0 Å². The molecule has 3 N–H and O–H groups in total. The van der Waals surface area contributed by atoms with Crippen molar-refractivity contribution < 1.29 is 19.2 Å². The van der Waals surface area contributed by atoms with E-state index < -0.39 is 7.82 Å². The van der Waals surface area contributed by atoms with Gasteiger partial charge < -0.3 is 14.7 Å². The molecule has 7 heteroatoms. The maximum atomic E-state index is 8.88. The number of hydrogen-bond donors (Lipinski definition) is 3. The van der Waals surface area contributed by atoms with Crippen LogP contribution < -0.4 is 0 Å². The van der Waals surface area contributed by atoms with Crippen molar-refractivity contribution in [2.75, 3.05) is 0 Å². The lowest BCUT2D eigenvalue weighted by molar-refractivity contribution is 0.275. The standard InChI is InChI=1S/2Mg.H3O4P.4H/c;;1-5(2,3)4;;;;/h;;(H3,1,2,3,4);;;;. The highest BCUT2D eigenvalue weighted by Gasteiger charge is 2.00. The Labute approximate surface area is 72.8 Å². The van der Waals surface area contributed by atoms with Crippen LogP contribution >= 0.6 is 7.82 Å². The van der Waals surface area contributed by atoms with E-state index >= 15 is 0 Å². The summed E-state index contributed by atoms with van der Waals surface area (Å²) in [5.41, 5.74) is 0. The number of phosphoric acid groups is 1. The van der Waals surface area contributed by atoms with Crippen LogP contribution in [0.2, 0.25) is 0 Å². The van der Waals surface area contributed by atoms with Gasteiger partial charge >= 0.3 is 53.9 Å². The molecule has 0 atom stereocenters. The van der Waals surface area contributed by atoms with Crippen LogP contribution in [0.5, 0.6) is 0 Å². The highest BCUT2D eigenvalue weighted by atomic mass is 31.2. The van der Waals surface area contributed by atoms with Crippen molar-refractivity contribution in [2.45, 2.75) is 0 Å². The molecule has 0 aliphatic rings. The molecule has 0 saturated carbocycles. The molecule has 0 aliphatic carbocycles. The highest BCUT2D eigenvalue weighted by molar-refractivity contribution is 7.45. The largest absolute Gasteiger partial charge is 0.466 e. The topological polar surface area (TPSA) is 77.8 Å². The van der Waals surface area contributed by atoms with E-state index in [1.165, 1.54) is 0 Å². The molecule has 0 unspecified atom stereocenters. The smallest absolute Gasteiger partial charge is 0.303 e. The molecule has 0 aromatic heterocycles. The fraction of sp³-hybridized carbons (Fsp3) is 0. The lowest BCUT2D eigenvalue weighted by Gasteiger charge is -1.82. The summed E-state index contributed by atoms with van der Waals surface area (Å²) >= 11 is 0. The Hall–Kier alpha value is 1.64. The Bertz CT molecular complexity index is 55.8. The second-order valence-electron chi connectivity index (χ2n) is 0.513. The summed E-state index contributed by atoms with van der Waals surface area (Å²) in [5.74, 6) is 0. The third kappa shape index (κ3) is 90.2. The van der Waals surface area contributed by atoms with Gasteiger partial charge in [0.1, 0.15) is 0 Å². The van der Waals surface area contributed by atoms with E-state index in [0.717, 1.165) is 0 Å². The third-order valence-corrected chi connectivity index (χ3v) is 0. The van der Waals surface area contributed by atoms with Crippen LogP contribution in [0.25, 0.3) is 0 Å². The Morgan fingerprint density at radius 1 is 1.00 bits per heavy atom. The minimum absolute atomic E-state index is 0. The Kier molecular flexibility index (Phi) is 13.1. The molecule has 0 rings (SSSR count). The molecular formula is H7Mg2O4P. The monoisotopic (exact) mass is 150 g/mol. The summed E-state index contributed by atoms with van der Waals surface area (Å²) < 4.78 is 8.88. The summed E-state index contributed by atoms with van der Waals surface area (Å²) in [5, 5.41) is 0. The Morgan fingerprint density at radius 2 is 1.00 bits per heavy atom. The van der Waals surface area contributed by atoms with Crippen LogP contribution in [0.3, 0.4) is 0 Å². The van der Waals surface area contributed by atoms with Gasteiger partial charge in [-0.05, 0) is 0 Å². The molecule has 40 valence electrons. The van der Waals surface area contributed by atoms with Crippen LogP contribution in [-0.4, -0.2) is 60.8 Å². The van der Waals surface area contributed by atoms with Crippen molar-refractivity contribution >= 4 is 53.9 Å². The fourth-order valence-corrected chi connectivity index (χ4v) is 0. The predicted molar refractivity (Wildman–Crippen MR) is 31.4 cm³/mol. The first kappa shape index (κ1) is 15.9. The van der Waals surface area contributed by atoms with Crippen LogP contribution in [0.4, 0.5) is 0 Å². The zero-order valence-corrected chi connectivity index (χ0v) is 3.09. The first-order valence-corrected chi connectivity index (χ1v) is 2.35. The summed E-state index contributed by atoms with van der Waals surface area (Å²) in [6.07, 6.45) is 0. The quantitative estimate of drug-likeness (QED) is 0.258. The lowest BCUT2D eigenvalue weighted by atomic mass is 15.8. The van der Waals surface area contributed by atoms with Crippen LogP contribution in [0, 0.1) is 0 Å². The van der Waals surface area contributed by atoms with Gasteiger partial charge in [-0.1, -0.05) is 0 Å². The highest BCUT2D eigenvalue weighted by Crippen LogP contribution is 2.25. The van der Waals surface area contributed by atoms with Crippen molar-refractivity contribution in [1.82, 2.24) is 0 Å². The second-order valence-corrected chi connectivity index (χ2v) is 1.54. The Morgan fingerprint density at radius 3 is 1.00 bits per heavy atom. The van der Waals surface area contributed by atoms with Gasteiger partial charge in [0.2, 0.25) is 0 Å². The SMILES string of the molecule is O=P(O)(O)O.[MgH2].[MgH2]. The van der Waals surface area contributed by atoms with Gasteiger partial charge in [-0.15, -0.1) is 0 Å². The second kappa shape index (κ2) is 5.77. The minimum atomic E-state index is -4.64. The Balaban J connectivity index is -0.0000000800. The van der Waals surface area contributed by atoms with E-state index in [4.69, 9.17) is 19.2 Å². The number of hydrogen-bond acceptors (Lipinski definition) is 1. The van der Waals surface area contributed by atoms with Crippen molar-refractivity contribution in [3.05, 3.63) is 0 Å². The first-order chi connectivity index (χ1) is 2.00. The molecule has 0 fully saturated rings. The van der Waals surface area contributed by atoms with Gasteiger partial charge in [0.15, 0.2) is 0 Å². The maximum Gasteiger partial charge on any atom is 0.466 e. The summed E-state index contributed by atoms with van der Waals surface area (Å²) in [6, 6.07) is 0. The number of rotatable bonds is 0. The zero-order chi connectivity index (χ0) is 4.50. The molecule has 0 saturated heterocycles. The first-order valence-electron chi connectivity index (χ1n) is 0.783. The van der Waals surface area contributed by atoms with Gasteiger partial charge in [-0.3, -0.25) is 0 Å². The maximum absolute atomic E-state index is 8.88. The van der Waals surface area contributed by atoms with Crippen molar-refractivity contribution in [3.63, 3.8) is 0 Å².